The minimum absolute atomic E-state index is 0.478. The quantitative estimate of drug-likeness (QED) is 0.508. The number of aryl methyl sites for hydroxylation is 2. The number of aromatic nitrogens is 1. The van der Waals surface area contributed by atoms with Crippen molar-refractivity contribution in [2.75, 3.05) is 6.61 Å². The third-order valence-electron chi connectivity index (χ3n) is 3.32. The van der Waals surface area contributed by atoms with Gasteiger partial charge in [0.25, 0.3) is 0 Å². The Morgan fingerprint density at radius 2 is 2.14 bits per heavy atom. The second-order valence-electron chi connectivity index (χ2n) is 5.51. The molecular weight excluding hydrogens is 302 g/mol. The molecule has 2 aromatic rings. The molecule has 0 spiro atoms. The molecule has 4 heteroatoms. The molecule has 21 heavy (non-hydrogen) atoms. The van der Waals surface area contributed by atoms with Gasteiger partial charge in [0, 0.05) is 11.8 Å². The summed E-state index contributed by atoms with van der Waals surface area (Å²) >= 11 is 7.44. The van der Waals surface area contributed by atoms with Crippen molar-refractivity contribution in [3.05, 3.63) is 45.4 Å². The fourth-order valence-electron chi connectivity index (χ4n) is 2.17. The van der Waals surface area contributed by atoms with Crippen molar-refractivity contribution in [3.63, 3.8) is 0 Å². The third kappa shape index (κ3) is 4.72. The Labute approximate surface area is 136 Å². The van der Waals surface area contributed by atoms with Gasteiger partial charge in [0.15, 0.2) is 0 Å². The van der Waals surface area contributed by atoms with Crippen LogP contribution in [0.1, 0.15) is 48.0 Å². The zero-order valence-corrected chi connectivity index (χ0v) is 14.4. The number of benzene rings is 1. The predicted octanol–water partition coefficient (Wildman–Crippen LogP) is 5.33. The van der Waals surface area contributed by atoms with Crippen LogP contribution in [0, 0.1) is 6.92 Å². The van der Waals surface area contributed by atoms with E-state index < -0.39 is 0 Å². The maximum absolute atomic E-state index is 5.98. The van der Waals surface area contributed by atoms with E-state index in [4.69, 9.17) is 16.3 Å². The van der Waals surface area contributed by atoms with Crippen LogP contribution < -0.4 is 4.74 Å². The lowest BCUT2D eigenvalue weighted by Gasteiger charge is -2.14. The highest BCUT2D eigenvalue weighted by molar-refractivity contribution is 7.09. The Morgan fingerprint density at radius 3 is 2.81 bits per heavy atom. The highest BCUT2D eigenvalue weighted by Crippen LogP contribution is 2.27. The predicted molar refractivity (Wildman–Crippen MR) is 90.8 cm³/mol. The normalized spacial score (nSPS) is 11.1. The fourth-order valence-corrected chi connectivity index (χ4v) is 3.24. The number of nitrogens with zero attached hydrogens (tertiary/aromatic N) is 1. The number of halogens is 1. The summed E-state index contributed by atoms with van der Waals surface area (Å²) in [5.74, 6) is 1.99. The van der Waals surface area contributed by atoms with Gasteiger partial charge in [-0.3, -0.25) is 0 Å². The van der Waals surface area contributed by atoms with Crippen LogP contribution >= 0.6 is 22.9 Å². The molecule has 114 valence electrons. The van der Waals surface area contributed by atoms with Crippen molar-refractivity contribution < 1.29 is 4.74 Å². The maximum Gasteiger partial charge on any atom is 0.122 e. The number of thiazole rings is 1. The lowest BCUT2D eigenvalue weighted by Crippen LogP contribution is -2.03. The Morgan fingerprint density at radius 1 is 1.33 bits per heavy atom. The van der Waals surface area contributed by atoms with E-state index in [0.29, 0.717) is 11.8 Å². The van der Waals surface area contributed by atoms with Crippen LogP contribution in [0.5, 0.6) is 5.75 Å². The summed E-state index contributed by atoms with van der Waals surface area (Å²) in [6.45, 7) is 7.21. The van der Waals surface area contributed by atoms with Gasteiger partial charge in [-0.15, -0.1) is 22.9 Å². The molecule has 2 nitrogen and oxygen atoms in total. The summed E-state index contributed by atoms with van der Waals surface area (Å²) in [7, 11) is 0. The second kappa shape index (κ2) is 7.81. The van der Waals surface area contributed by atoms with E-state index in [1.165, 1.54) is 11.1 Å². The van der Waals surface area contributed by atoms with Crippen molar-refractivity contribution in [3.8, 4) is 5.75 Å². The number of hydrogen-bond acceptors (Lipinski definition) is 3. The molecule has 2 rings (SSSR count). The zero-order chi connectivity index (χ0) is 15.2. The van der Waals surface area contributed by atoms with Crippen LogP contribution in [-0.4, -0.2) is 11.6 Å². The van der Waals surface area contributed by atoms with Crippen molar-refractivity contribution in [1.29, 1.82) is 0 Å². The first-order valence-electron chi connectivity index (χ1n) is 7.32. The molecule has 0 atom stereocenters. The van der Waals surface area contributed by atoms with Crippen LogP contribution in [0.15, 0.2) is 23.6 Å². The summed E-state index contributed by atoms with van der Waals surface area (Å²) in [4.78, 5) is 4.46. The first-order valence-corrected chi connectivity index (χ1v) is 8.74. The fraction of sp³-hybridized carbons (Fsp3) is 0.471. The second-order valence-corrected chi connectivity index (χ2v) is 6.72. The minimum atomic E-state index is 0.478. The van der Waals surface area contributed by atoms with Crippen LogP contribution in [-0.2, 0) is 12.3 Å². The van der Waals surface area contributed by atoms with Gasteiger partial charge in [-0.1, -0.05) is 26.0 Å². The summed E-state index contributed by atoms with van der Waals surface area (Å²) in [6, 6.07) is 6.44. The van der Waals surface area contributed by atoms with Crippen molar-refractivity contribution >= 4 is 22.9 Å². The van der Waals surface area contributed by atoms with Crippen LogP contribution in [0.3, 0.4) is 0 Å². The first kappa shape index (κ1) is 16.3. The summed E-state index contributed by atoms with van der Waals surface area (Å²) in [5, 5.41) is 3.17. The molecule has 0 amide bonds. The van der Waals surface area contributed by atoms with Crippen LogP contribution in [0.2, 0.25) is 0 Å². The average Bonchev–Trinajstić information content (AvgIpc) is 2.91. The maximum atomic E-state index is 5.98. The van der Waals surface area contributed by atoms with Gasteiger partial charge in [-0.05, 0) is 36.5 Å². The molecule has 1 aromatic heterocycles. The van der Waals surface area contributed by atoms with E-state index >= 15 is 0 Å². The zero-order valence-electron chi connectivity index (χ0n) is 12.9. The van der Waals surface area contributed by atoms with Gasteiger partial charge in [0.2, 0.25) is 0 Å². The van der Waals surface area contributed by atoms with E-state index in [0.717, 1.165) is 35.9 Å². The van der Waals surface area contributed by atoms with E-state index in [9.17, 15) is 0 Å². The highest BCUT2D eigenvalue weighted by Gasteiger charge is 2.08. The molecule has 0 saturated carbocycles. The van der Waals surface area contributed by atoms with Crippen molar-refractivity contribution in [2.45, 2.75) is 45.4 Å². The Balaban J connectivity index is 1.87. The van der Waals surface area contributed by atoms with Gasteiger partial charge in [-0.25, -0.2) is 4.98 Å². The van der Waals surface area contributed by atoms with Crippen LogP contribution in [0.25, 0.3) is 0 Å². The SMILES string of the molecule is Cc1ccc(C(C)C)c(OCCCc2nc(CCl)cs2)c1. The minimum Gasteiger partial charge on any atom is -0.493 e. The van der Waals surface area contributed by atoms with Crippen molar-refractivity contribution in [2.24, 2.45) is 0 Å². The average molecular weight is 324 g/mol. The lowest BCUT2D eigenvalue weighted by molar-refractivity contribution is 0.306. The summed E-state index contributed by atoms with van der Waals surface area (Å²) in [5.41, 5.74) is 3.48. The molecule has 1 aromatic carbocycles. The summed E-state index contributed by atoms with van der Waals surface area (Å²) in [6.07, 6.45) is 1.92. The molecule has 0 fully saturated rings. The van der Waals surface area contributed by atoms with Gasteiger partial charge in [0.1, 0.15) is 5.75 Å². The standard InChI is InChI=1S/C17H22ClNOS/c1-12(2)15-7-6-13(3)9-16(15)20-8-4-5-17-19-14(10-18)11-21-17/h6-7,9,11-12H,4-5,8,10H2,1-3H3. The number of rotatable bonds is 7. The third-order valence-corrected chi connectivity index (χ3v) is 4.55. The lowest BCUT2D eigenvalue weighted by atomic mass is 10.0. The summed E-state index contributed by atoms with van der Waals surface area (Å²) < 4.78 is 5.98. The van der Waals surface area contributed by atoms with Gasteiger partial charge in [-0.2, -0.15) is 0 Å². The molecule has 0 N–H and O–H groups in total. The van der Waals surface area contributed by atoms with E-state index in [1.807, 2.05) is 5.38 Å². The molecule has 0 aliphatic carbocycles. The molecular formula is C17H22ClNOS. The van der Waals surface area contributed by atoms with Crippen LogP contribution in [0.4, 0.5) is 0 Å². The molecule has 0 radical (unpaired) electrons. The highest BCUT2D eigenvalue weighted by atomic mass is 35.5. The molecule has 1 heterocycles. The van der Waals surface area contributed by atoms with E-state index in [1.54, 1.807) is 11.3 Å². The smallest absolute Gasteiger partial charge is 0.122 e. The van der Waals surface area contributed by atoms with Gasteiger partial charge < -0.3 is 4.74 Å². The van der Waals surface area contributed by atoms with E-state index in [2.05, 4.69) is 44.0 Å². The molecule has 0 aliphatic rings. The molecule has 0 aliphatic heterocycles. The molecule has 0 bridgehead atoms. The van der Waals surface area contributed by atoms with Gasteiger partial charge in [0.05, 0.1) is 23.2 Å². The van der Waals surface area contributed by atoms with Crippen molar-refractivity contribution in [1.82, 2.24) is 4.98 Å². The Kier molecular flexibility index (Phi) is 6.07. The topological polar surface area (TPSA) is 22.1 Å². The first-order chi connectivity index (χ1) is 10.1. The van der Waals surface area contributed by atoms with Gasteiger partial charge >= 0.3 is 0 Å². The molecule has 0 saturated heterocycles. The number of alkyl halides is 1. The number of ether oxygens (including phenoxy) is 1. The largest absolute Gasteiger partial charge is 0.493 e. The molecule has 0 unspecified atom stereocenters. The van der Waals surface area contributed by atoms with E-state index in [-0.39, 0.29) is 0 Å². The Bertz CT molecular complexity index is 580. The Hall–Kier alpha value is -1.06. The monoisotopic (exact) mass is 323 g/mol. The number of hydrogen-bond donors (Lipinski definition) is 0.